The third kappa shape index (κ3) is 4.91. The number of amides is 1. The van der Waals surface area contributed by atoms with E-state index in [1.807, 2.05) is 12.1 Å². The Morgan fingerprint density at radius 2 is 1.68 bits per heavy atom. The molecule has 0 heterocycles. The quantitative estimate of drug-likeness (QED) is 0.793. The number of rotatable bonds is 6. The lowest BCUT2D eigenvalue weighted by molar-refractivity contribution is 0.102. The van der Waals surface area contributed by atoms with Gasteiger partial charge < -0.3 is 10.1 Å². The van der Waals surface area contributed by atoms with Gasteiger partial charge in [-0.05, 0) is 48.2 Å². The van der Waals surface area contributed by atoms with Gasteiger partial charge >= 0.3 is 0 Å². The fraction of sp³-hybridized carbons (Fsp3) is 0.381. The first kappa shape index (κ1) is 21.9. The zero-order valence-corrected chi connectivity index (χ0v) is 18.1. The monoisotopic (exact) mass is 404 g/mol. The minimum absolute atomic E-state index is 0.000442. The topological polar surface area (TPSA) is 75.7 Å². The van der Waals surface area contributed by atoms with Gasteiger partial charge in [0.1, 0.15) is 10.6 Å². The van der Waals surface area contributed by atoms with Gasteiger partial charge in [-0.25, -0.2) is 12.7 Å². The zero-order chi connectivity index (χ0) is 21.1. The van der Waals surface area contributed by atoms with Crippen LogP contribution in [0.4, 0.5) is 5.69 Å². The highest BCUT2D eigenvalue weighted by Crippen LogP contribution is 2.29. The van der Waals surface area contributed by atoms with Crippen molar-refractivity contribution >= 4 is 21.6 Å². The molecule has 7 heteroatoms. The molecule has 0 atom stereocenters. The molecule has 0 spiro atoms. The molecule has 0 aliphatic rings. The highest BCUT2D eigenvalue weighted by molar-refractivity contribution is 7.89. The lowest BCUT2D eigenvalue weighted by Gasteiger charge is -2.19. The Bertz CT molecular complexity index is 943. The van der Waals surface area contributed by atoms with Gasteiger partial charge in [-0.2, -0.15) is 0 Å². The first-order valence-corrected chi connectivity index (χ1v) is 10.5. The number of sulfonamides is 1. The summed E-state index contributed by atoms with van der Waals surface area (Å²) in [6, 6.07) is 12.0. The molecular formula is C21H28N2O4S. The van der Waals surface area contributed by atoms with Crippen molar-refractivity contribution in [3.05, 3.63) is 53.6 Å². The molecule has 0 radical (unpaired) electrons. The highest BCUT2D eigenvalue weighted by atomic mass is 32.2. The molecule has 152 valence electrons. The van der Waals surface area contributed by atoms with E-state index in [4.69, 9.17) is 4.74 Å². The maximum atomic E-state index is 12.6. The van der Waals surface area contributed by atoms with Crippen LogP contribution in [0.15, 0.2) is 47.4 Å². The standard InChI is InChI=1S/C21H28N2O4S/c1-7-27-18-13-12-17(14-19(18)28(25,26)23(5)6)22-20(24)15-8-10-16(11-9-15)21(2,3)4/h8-14H,7H2,1-6H3,(H,22,24). The van der Waals surface area contributed by atoms with E-state index >= 15 is 0 Å². The maximum Gasteiger partial charge on any atom is 0.255 e. The van der Waals surface area contributed by atoms with Crippen LogP contribution in [-0.4, -0.2) is 39.3 Å². The fourth-order valence-electron chi connectivity index (χ4n) is 2.58. The van der Waals surface area contributed by atoms with Crippen LogP contribution in [0, 0.1) is 0 Å². The van der Waals surface area contributed by atoms with Crippen LogP contribution in [0.1, 0.15) is 43.6 Å². The average molecular weight is 405 g/mol. The third-order valence-corrected chi connectivity index (χ3v) is 6.11. The normalized spacial score (nSPS) is 12.1. The Labute approximate surface area is 167 Å². The summed E-state index contributed by atoms with van der Waals surface area (Å²) in [6.45, 7) is 8.43. The summed E-state index contributed by atoms with van der Waals surface area (Å²) in [5.41, 5.74) is 2.01. The second kappa shape index (κ2) is 8.32. The molecule has 0 aromatic heterocycles. The van der Waals surface area contributed by atoms with E-state index in [1.165, 1.54) is 20.2 Å². The van der Waals surface area contributed by atoms with Crippen molar-refractivity contribution in [2.75, 3.05) is 26.0 Å². The summed E-state index contributed by atoms with van der Waals surface area (Å²) in [7, 11) is -0.815. The molecule has 0 bridgehead atoms. The van der Waals surface area contributed by atoms with Gasteiger partial charge in [-0.1, -0.05) is 32.9 Å². The van der Waals surface area contributed by atoms with E-state index in [9.17, 15) is 13.2 Å². The molecule has 0 saturated carbocycles. The van der Waals surface area contributed by atoms with Crippen LogP contribution in [0.25, 0.3) is 0 Å². The van der Waals surface area contributed by atoms with Gasteiger partial charge in [0.15, 0.2) is 0 Å². The van der Waals surface area contributed by atoms with Crippen LogP contribution < -0.4 is 10.1 Å². The molecule has 0 aliphatic heterocycles. The van der Waals surface area contributed by atoms with Crippen LogP contribution in [-0.2, 0) is 15.4 Å². The van der Waals surface area contributed by atoms with Crippen molar-refractivity contribution in [2.45, 2.75) is 38.0 Å². The Morgan fingerprint density at radius 1 is 1.07 bits per heavy atom. The van der Waals surface area contributed by atoms with Crippen molar-refractivity contribution in [3.8, 4) is 5.75 Å². The van der Waals surface area contributed by atoms with Crippen LogP contribution in [0.5, 0.6) is 5.75 Å². The predicted molar refractivity (Wildman–Crippen MR) is 112 cm³/mol. The van der Waals surface area contributed by atoms with Crippen molar-refractivity contribution in [3.63, 3.8) is 0 Å². The maximum absolute atomic E-state index is 12.6. The summed E-state index contributed by atoms with van der Waals surface area (Å²) in [4.78, 5) is 12.6. The molecule has 0 fully saturated rings. The first-order chi connectivity index (χ1) is 13.0. The predicted octanol–water partition coefficient (Wildman–Crippen LogP) is 3.89. The van der Waals surface area contributed by atoms with E-state index < -0.39 is 10.0 Å². The van der Waals surface area contributed by atoms with Gasteiger partial charge in [0.25, 0.3) is 5.91 Å². The smallest absolute Gasteiger partial charge is 0.255 e. The second-order valence-corrected chi connectivity index (χ2v) is 9.78. The molecule has 2 aromatic rings. The molecule has 0 saturated heterocycles. The van der Waals surface area contributed by atoms with Crippen LogP contribution in [0.2, 0.25) is 0 Å². The number of hydrogen-bond acceptors (Lipinski definition) is 4. The molecule has 28 heavy (non-hydrogen) atoms. The molecule has 0 aliphatic carbocycles. The number of carbonyl (C=O) groups is 1. The fourth-order valence-corrected chi connectivity index (χ4v) is 3.63. The largest absolute Gasteiger partial charge is 0.492 e. The second-order valence-electron chi connectivity index (χ2n) is 7.66. The number of hydrogen-bond donors (Lipinski definition) is 1. The Balaban J connectivity index is 2.32. The van der Waals surface area contributed by atoms with Crippen molar-refractivity contribution in [1.29, 1.82) is 0 Å². The molecule has 2 rings (SSSR count). The third-order valence-electron chi connectivity index (χ3n) is 4.27. The van der Waals surface area contributed by atoms with E-state index in [0.29, 0.717) is 17.9 Å². The lowest BCUT2D eigenvalue weighted by Crippen LogP contribution is -2.23. The van der Waals surface area contributed by atoms with Gasteiger partial charge in [0.2, 0.25) is 10.0 Å². The SMILES string of the molecule is CCOc1ccc(NC(=O)c2ccc(C(C)(C)C)cc2)cc1S(=O)(=O)N(C)C. The van der Waals surface area contributed by atoms with Crippen LogP contribution >= 0.6 is 0 Å². The number of carbonyl (C=O) groups excluding carboxylic acids is 1. The number of anilines is 1. The van der Waals surface area contributed by atoms with Gasteiger partial charge in [-0.15, -0.1) is 0 Å². The Morgan fingerprint density at radius 3 is 2.18 bits per heavy atom. The molecule has 2 aromatic carbocycles. The average Bonchev–Trinajstić information content (AvgIpc) is 2.62. The van der Waals surface area contributed by atoms with Gasteiger partial charge in [-0.3, -0.25) is 4.79 Å². The number of ether oxygens (including phenoxy) is 1. The number of nitrogens with zero attached hydrogens (tertiary/aromatic N) is 1. The summed E-state index contributed by atoms with van der Waals surface area (Å²) in [6.07, 6.45) is 0. The van der Waals surface area contributed by atoms with E-state index in [-0.39, 0.29) is 22.0 Å². The lowest BCUT2D eigenvalue weighted by atomic mass is 9.87. The number of nitrogens with one attached hydrogen (secondary N) is 1. The first-order valence-electron chi connectivity index (χ1n) is 9.08. The van der Waals surface area contributed by atoms with Crippen molar-refractivity contribution in [1.82, 2.24) is 4.31 Å². The summed E-state index contributed by atoms with van der Waals surface area (Å²) in [5.74, 6) is -0.0541. The molecule has 1 amide bonds. The summed E-state index contributed by atoms with van der Waals surface area (Å²) < 4.78 is 31.8. The number of benzene rings is 2. The molecular weight excluding hydrogens is 376 g/mol. The van der Waals surface area contributed by atoms with Gasteiger partial charge in [0.05, 0.1) is 6.61 Å². The van der Waals surface area contributed by atoms with E-state index in [1.54, 1.807) is 31.2 Å². The molecule has 6 nitrogen and oxygen atoms in total. The van der Waals surface area contributed by atoms with E-state index in [0.717, 1.165) is 9.87 Å². The van der Waals surface area contributed by atoms with Gasteiger partial charge in [0, 0.05) is 25.3 Å². The summed E-state index contributed by atoms with van der Waals surface area (Å²) >= 11 is 0. The Hall–Kier alpha value is -2.38. The van der Waals surface area contributed by atoms with Crippen molar-refractivity contribution in [2.24, 2.45) is 0 Å². The Kier molecular flexibility index (Phi) is 6.52. The highest BCUT2D eigenvalue weighted by Gasteiger charge is 2.23. The molecule has 1 N–H and O–H groups in total. The van der Waals surface area contributed by atoms with Crippen LogP contribution in [0.3, 0.4) is 0 Å². The minimum Gasteiger partial charge on any atom is -0.492 e. The molecule has 0 unspecified atom stereocenters. The van der Waals surface area contributed by atoms with Crippen molar-refractivity contribution < 1.29 is 17.9 Å². The zero-order valence-electron chi connectivity index (χ0n) is 17.2. The summed E-state index contributed by atoms with van der Waals surface area (Å²) in [5, 5.41) is 2.76. The minimum atomic E-state index is -3.72. The van der Waals surface area contributed by atoms with E-state index in [2.05, 4.69) is 26.1 Å².